The van der Waals surface area contributed by atoms with Crippen LogP contribution in [0, 0.1) is 12.3 Å². The summed E-state index contributed by atoms with van der Waals surface area (Å²) in [4.78, 5) is 33.8. The van der Waals surface area contributed by atoms with Gasteiger partial charge in [-0.1, -0.05) is 71.9 Å². The van der Waals surface area contributed by atoms with Gasteiger partial charge < -0.3 is 10.1 Å². The van der Waals surface area contributed by atoms with Crippen LogP contribution < -0.4 is 24.9 Å². The summed E-state index contributed by atoms with van der Waals surface area (Å²) in [7, 11) is 0. The normalized spacial score (nSPS) is 14.9. The lowest BCUT2D eigenvalue weighted by atomic mass is 10.0. The Hall–Kier alpha value is -4.71. The van der Waals surface area contributed by atoms with Crippen LogP contribution in [0.1, 0.15) is 23.4 Å². The Kier molecular flexibility index (Phi) is 6.91. The number of hydrogen-bond acceptors (Lipinski definition) is 6. The van der Waals surface area contributed by atoms with E-state index in [1.807, 2.05) is 97.2 Å². The molecule has 0 fully saturated rings. The van der Waals surface area contributed by atoms with Crippen LogP contribution >= 0.6 is 22.7 Å². The van der Waals surface area contributed by atoms with Crippen molar-refractivity contribution in [1.29, 1.82) is 0 Å². The molecule has 0 radical (unpaired) electrons. The fourth-order valence-corrected chi connectivity index (χ4v) is 6.70. The van der Waals surface area contributed by atoms with Crippen molar-refractivity contribution in [2.75, 3.05) is 11.9 Å². The zero-order valence-corrected chi connectivity index (χ0v) is 23.1. The monoisotopic (exact) mass is 561 g/mol. The van der Waals surface area contributed by atoms with Crippen molar-refractivity contribution in [2.45, 2.75) is 13.0 Å². The minimum absolute atomic E-state index is 0.109. The van der Waals surface area contributed by atoms with E-state index in [-0.39, 0.29) is 18.1 Å². The molecule has 40 heavy (non-hydrogen) atoms. The lowest BCUT2D eigenvalue weighted by Gasteiger charge is -2.24. The molecule has 0 spiro atoms. The number of fused-ring (bicyclic) bond motifs is 2. The summed E-state index contributed by atoms with van der Waals surface area (Å²) in [6.45, 7) is 1.92. The maximum atomic E-state index is 14.1. The first-order valence-corrected chi connectivity index (χ1v) is 14.2. The fraction of sp³-hybridized carbons (Fsp3) is 0.0938. The molecule has 3 heterocycles. The summed E-state index contributed by atoms with van der Waals surface area (Å²) in [5, 5.41) is 6.87. The van der Waals surface area contributed by atoms with Gasteiger partial charge >= 0.3 is 0 Å². The van der Waals surface area contributed by atoms with E-state index in [2.05, 4.69) is 11.2 Å². The number of thiophene rings is 1. The standard InChI is InChI=1S/C32H23N3O3S2/c1-3-17-38-25-16-15-21-10-7-8-13-23(21)24(25)19-27-31(37)35-29(26-14-9-18-39-26)28(20(2)33-32(35)40-27)30(36)34-22-11-5-4-6-12-22/h1,4-16,18-19,29H,17H2,2H3,(H,34,36). The topological polar surface area (TPSA) is 72.7 Å². The SMILES string of the molecule is C#CCOc1ccc2ccccc2c1C=c1sc2n(c1=O)C(c1cccs1)C(C(=O)Nc1ccccc1)=C(C)N=2. The van der Waals surface area contributed by atoms with Gasteiger partial charge in [-0.3, -0.25) is 14.2 Å². The Balaban J connectivity index is 1.53. The number of allylic oxidation sites excluding steroid dienone is 1. The minimum Gasteiger partial charge on any atom is -0.480 e. The van der Waals surface area contributed by atoms with E-state index in [1.54, 1.807) is 4.57 Å². The molecule has 1 aliphatic heterocycles. The summed E-state index contributed by atoms with van der Waals surface area (Å²) in [6.07, 6.45) is 7.30. The Bertz CT molecular complexity index is 2000. The number of anilines is 1. The summed E-state index contributed by atoms with van der Waals surface area (Å²) in [6, 6.07) is 24.3. The quantitative estimate of drug-likeness (QED) is 0.293. The molecule has 2 aromatic heterocycles. The molecule has 6 nitrogen and oxygen atoms in total. The van der Waals surface area contributed by atoms with E-state index in [0.29, 0.717) is 32.0 Å². The van der Waals surface area contributed by atoms with Gasteiger partial charge in [-0.25, -0.2) is 4.99 Å². The van der Waals surface area contributed by atoms with Gasteiger partial charge in [-0.2, -0.15) is 0 Å². The number of para-hydroxylation sites is 1. The van der Waals surface area contributed by atoms with Crippen molar-refractivity contribution in [3.8, 4) is 18.1 Å². The van der Waals surface area contributed by atoms with Gasteiger partial charge in [0.1, 0.15) is 18.4 Å². The van der Waals surface area contributed by atoms with Crippen LogP contribution in [0.3, 0.4) is 0 Å². The van der Waals surface area contributed by atoms with E-state index in [1.165, 1.54) is 22.7 Å². The molecule has 1 amide bonds. The second-order valence-corrected chi connectivity index (χ2v) is 11.1. The van der Waals surface area contributed by atoms with Crippen molar-refractivity contribution in [2.24, 2.45) is 4.99 Å². The highest BCUT2D eigenvalue weighted by Crippen LogP contribution is 2.33. The Morgan fingerprint density at radius 3 is 2.67 bits per heavy atom. The molecule has 0 saturated heterocycles. The Morgan fingerprint density at radius 1 is 1.10 bits per heavy atom. The molecule has 6 rings (SSSR count). The highest BCUT2D eigenvalue weighted by molar-refractivity contribution is 7.10. The van der Waals surface area contributed by atoms with E-state index in [0.717, 1.165) is 21.2 Å². The van der Waals surface area contributed by atoms with Crippen molar-refractivity contribution < 1.29 is 9.53 Å². The van der Waals surface area contributed by atoms with Crippen molar-refractivity contribution >= 4 is 51.1 Å². The number of carbonyl (C=O) groups excluding carboxylic acids is 1. The largest absolute Gasteiger partial charge is 0.480 e. The molecule has 1 N–H and O–H groups in total. The number of rotatable bonds is 6. The van der Waals surface area contributed by atoms with Gasteiger partial charge in [-0.15, -0.1) is 17.8 Å². The number of carbonyl (C=O) groups is 1. The van der Waals surface area contributed by atoms with Crippen LogP contribution in [-0.2, 0) is 4.79 Å². The first-order chi connectivity index (χ1) is 19.5. The predicted octanol–water partition coefficient (Wildman–Crippen LogP) is 5.10. The van der Waals surface area contributed by atoms with Crippen LogP contribution in [0.4, 0.5) is 5.69 Å². The maximum absolute atomic E-state index is 14.1. The van der Waals surface area contributed by atoms with Crippen molar-refractivity contribution in [3.63, 3.8) is 0 Å². The second-order valence-electron chi connectivity index (χ2n) is 9.11. The van der Waals surface area contributed by atoms with Crippen LogP contribution in [0.5, 0.6) is 5.75 Å². The number of aromatic nitrogens is 1. The van der Waals surface area contributed by atoms with E-state index >= 15 is 0 Å². The summed E-state index contributed by atoms with van der Waals surface area (Å²) in [5.74, 6) is 2.81. The highest BCUT2D eigenvalue weighted by Gasteiger charge is 2.33. The van der Waals surface area contributed by atoms with Gasteiger partial charge in [0.05, 0.1) is 15.8 Å². The van der Waals surface area contributed by atoms with Crippen molar-refractivity contribution in [1.82, 2.24) is 4.57 Å². The molecule has 0 saturated carbocycles. The molecule has 8 heteroatoms. The molecule has 0 aliphatic carbocycles. The number of ether oxygens (including phenoxy) is 1. The predicted molar refractivity (Wildman–Crippen MR) is 161 cm³/mol. The number of nitrogens with one attached hydrogen (secondary N) is 1. The summed E-state index contributed by atoms with van der Waals surface area (Å²) < 4.78 is 7.97. The molecular weight excluding hydrogens is 539 g/mol. The Labute approximate surface area is 238 Å². The van der Waals surface area contributed by atoms with Crippen LogP contribution in [-0.4, -0.2) is 17.1 Å². The van der Waals surface area contributed by atoms with Gasteiger partial charge in [0.25, 0.3) is 11.5 Å². The number of amides is 1. The third kappa shape index (κ3) is 4.66. The molecule has 1 unspecified atom stereocenters. The lowest BCUT2D eigenvalue weighted by molar-refractivity contribution is -0.113. The number of benzene rings is 3. The number of nitrogens with zero attached hydrogens (tertiary/aromatic N) is 2. The second kappa shape index (κ2) is 10.8. The van der Waals surface area contributed by atoms with E-state index < -0.39 is 6.04 Å². The van der Waals surface area contributed by atoms with Gasteiger partial charge in [0.15, 0.2) is 4.80 Å². The minimum atomic E-state index is -0.605. The zero-order chi connectivity index (χ0) is 27.6. The third-order valence-corrected chi connectivity index (χ3v) is 8.54. The first-order valence-electron chi connectivity index (χ1n) is 12.6. The van der Waals surface area contributed by atoms with Gasteiger partial charge in [0.2, 0.25) is 0 Å². The number of hydrogen-bond donors (Lipinski definition) is 1. The molecule has 0 bridgehead atoms. The molecule has 1 atom stereocenters. The summed E-state index contributed by atoms with van der Waals surface area (Å²) >= 11 is 2.79. The average Bonchev–Trinajstić information content (AvgIpc) is 3.61. The lowest BCUT2D eigenvalue weighted by Crippen LogP contribution is -2.40. The van der Waals surface area contributed by atoms with Gasteiger partial charge in [-0.05, 0) is 53.4 Å². The maximum Gasteiger partial charge on any atom is 0.271 e. The molecular formula is C32H23N3O3S2. The van der Waals surface area contributed by atoms with Crippen LogP contribution in [0.25, 0.3) is 16.8 Å². The number of terminal acetylenes is 1. The van der Waals surface area contributed by atoms with Gasteiger partial charge in [0, 0.05) is 16.1 Å². The molecule has 5 aromatic rings. The Morgan fingerprint density at radius 2 is 1.90 bits per heavy atom. The molecule has 3 aromatic carbocycles. The smallest absolute Gasteiger partial charge is 0.271 e. The fourth-order valence-electron chi connectivity index (χ4n) is 4.85. The zero-order valence-electron chi connectivity index (χ0n) is 21.5. The van der Waals surface area contributed by atoms with Crippen LogP contribution in [0.2, 0.25) is 0 Å². The summed E-state index contributed by atoms with van der Waals surface area (Å²) in [5.41, 5.74) is 2.22. The van der Waals surface area contributed by atoms with Crippen LogP contribution in [0.15, 0.2) is 105 Å². The third-order valence-electron chi connectivity index (χ3n) is 6.63. The van der Waals surface area contributed by atoms with E-state index in [4.69, 9.17) is 16.2 Å². The number of thiazole rings is 1. The van der Waals surface area contributed by atoms with E-state index in [9.17, 15) is 9.59 Å². The molecule has 1 aliphatic rings. The van der Waals surface area contributed by atoms with Crippen molar-refractivity contribution in [3.05, 3.63) is 126 Å². The first kappa shape index (κ1) is 25.6. The average molecular weight is 562 g/mol. The molecule has 196 valence electrons. The highest BCUT2D eigenvalue weighted by atomic mass is 32.1.